The highest BCUT2D eigenvalue weighted by molar-refractivity contribution is 5.94. The average molecular weight is 391 g/mol. The molecule has 2 aromatic rings. The fourth-order valence-corrected chi connectivity index (χ4v) is 4.99. The molecule has 29 heavy (non-hydrogen) atoms. The molecule has 3 atom stereocenters. The van der Waals surface area contributed by atoms with Crippen LogP contribution < -0.4 is 5.32 Å². The largest absolute Gasteiger partial charge is 0.345 e. The number of amides is 2. The van der Waals surface area contributed by atoms with Gasteiger partial charge in [0.05, 0.1) is 12.5 Å². The van der Waals surface area contributed by atoms with Gasteiger partial charge in [-0.05, 0) is 49.3 Å². The zero-order valence-corrected chi connectivity index (χ0v) is 16.9. The van der Waals surface area contributed by atoms with Crippen molar-refractivity contribution in [2.45, 2.75) is 57.0 Å². The average Bonchev–Trinajstić information content (AvgIpc) is 2.79. The minimum absolute atomic E-state index is 0.138. The molecule has 1 heterocycles. The first-order valence-electron chi connectivity index (χ1n) is 10.9. The summed E-state index contributed by atoms with van der Waals surface area (Å²) in [4.78, 5) is 28.2. The Morgan fingerprint density at radius 3 is 2.31 bits per heavy atom. The highest BCUT2D eigenvalue weighted by atomic mass is 16.2. The van der Waals surface area contributed by atoms with E-state index in [-0.39, 0.29) is 17.9 Å². The second-order valence-corrected chi connectivity index (χ2v) is 8.35. The van der Waals surface area contributed by atoms with Crippen LogP contribution in [0.25, 0.3) is 0 Å². The highest BCUT2D eigenvalue weighted by Crippen LogP contribution is 2.36. The van der Waals surface area contributed by atoms with Gasteiger partial charge < -0.3 is 10.2 Å². The topological polar surface area (TPSA) is 49.4 Å². The summed E-state index contributed by atoms with van der Waals surface area (Å²) in [6.07, 6.45) is 7.55. The number of carbonyl (C=O) groups excluding carboxylic acids is 2. The number of piperidine rings is 1. The Bertz CT molecular complexity index is 819. The molecule has 4 heteroatoms. The quantitative estimate of drug-likeness (QED) is 0.802. The van der Waals surface area contributed by atoms with Gasteiger partial charge in [0.25, 0.3) is 5.91 Å². The normalized spacial score (nSPS) is 22.4. The van der Waals surface area contributed by atoms with E-state index in [1.807, 2.05) is 48.5 Å². The predicted octanol–water partition coefficient (Wildman–Crippen LogP) is 4.73. The predicted molar refractivity (Wildman–Crippen MR) is 114 cm³/mol. The number of rotatable bonds is 5. The zero-order valence-electron chi connectivity index (χ0n) is 16.9. The van der Waals surface area contributed by atoms with Crippen molar-refractivity contribution in [2.75, 3.05) is 6.54 Å². The molecule has 2 aliphatic rings. The lowest BCUT2D eigenvalue weighted by atomic mass is 9.78. The van der Waals surface area contributed by atoms with Crippen LogP contribution in [-0.4, -0.2) is 29.3 Å². The van der Waals surface area contributed by atoms with E-state index < -0.39 is 0 Å². The Kier molecular flexibility index (Phi) is 6.28. The number of likely N-dealkylation sites (tertiary alicyclic amines) is 1. The number of hydrogen-bond donors (Lipinski definition) is 1. The van der Waals surface area contributed by atoms with Crippen molar-refractivity contribution in [3.63, 3.8) is 0 Å². The van der Waals surface area contributed by atoms with Crippen molar-refractivity contribution in [1.82, 2.24) is 10.2 Å². The summed E-state index contributed by atoms with van der Waals surface area (Å²) < 4.78 is 0. The second kappa shape index (κ2) is 9.25. The maximum atomic E-state index is 13.3. The molecule has 0 radical (unpaired) electrons. The van der Waals surface area contributed by atoms with Gasteiger partial charge in [-0.2, -0.15) is 0 Å². The molecule has 4 rings (SSSR count). The van der Waals surface area contributed by atoms with Gasteiger partial charge in [0.2, 0.25) is 5.91 Å². The molecule has 2 amide bonds. The van der Waals surface area contributed by atoms with E-state index in [0.717, 1.165) is 24.9 Å². The van der Waals surface area contributed by atoms with Crippen molar-refractivity contribution < 1.29 is 9.59 Å². The number of benzene rings is 2. The SMILES string of the molecule is O=C(NC(CC(=O)N1CCCC2CCCCC21)c1ccccc1)c1ccccc1. The van der Waals surface area contributed by atoms with E-state index in [4.69, 9.17) is 0 Å². The Hall–Kier alpha value is -2.62. The summed E-state index contributed by atoms with van der Waals surface area (Å²) in [5.74, 6) is 0.695. The van der Waals surface area contributed by atoms with E-state index in [1.165, 1.54) is 25.7 Å². The van der Waals surface area contributed by atoms with Crippen LogP contribution in [0.5, 0.6) is 0 Å². The van der Waals surface area contributed by atoms with Gasteiger partial charge in [-0.15, -0.1) is 0 Å². The Balaban J connectivity index is 1.50. The monoisotopic (exact) mass is 390 g/mol. The fraction of sp³-hybridized carbons (Fsp3) is 0.440. The molecular formula is C25H30N2O2. The van der Waals surface area contributed by atoms with Gasteiger partial charge in [-0.25, -0.2) is 0 Å². The third kappa shape index (κ3) is 4.69. The number of fused-ring (bicyclic) bond motifs is 1. The highest BCUT2D eigenvalue weighted by Gasteiger charge is 2.36. The van der Waals surface area contributed by atoms with Crippen LogP contribution in [0.15, 0.2) is 60.7 Å². The van der Waals surface area contributed by atoms with Crippen molar-refractivity contribution in [1.29, 1.82) is 0 Å². The Morgan fingerprint density at radius 1 is 0.897 bits per heavy atom. The maximum absolute atomic E-state index is 13.3. The van der Waals surface area contributed by atoms with Crippen LogP contribution in [0.2, 0.25) is 0 Å². The van der Waals surface area contributed by atoms with Gasteiger partial charge in [-0.3, -0.25) is 9.59 Å². The van der Waals surface area contributed by atoms with Gasteiger partial charge in [0.15, 0.2) is 0 Å². The van der Waals surface area contributed by atoms with E-state index >= 15 is 0 Å². The molecule has 1 aliphatic carbocycles. The number of nitrogens with one attached hydrogen (secondary N) is 1. The third-order valence-electron chi connectivity index (χ3n) is 6.49. The first-order chi connectivity index (χ1) is 14.2. The summed E-state index contributed by atoms with van der Waals surface area (Å²) >= 11 is 0. The van der Waals surface area contributed by atoms with E-state index in [1.54, 1.807) is 12.1 Å². The van der Waals surface area contributed by atoms with Crippen molar-refractivity contribution in [2.24, 2.45) is 5.92 Å². The van der Waals surface area contributed by atoms with Crippen LogP contribution in [0.4, 0.5) is 0 Å². The molecule has 2 fully saturated rings. The van der Waals surface area contributed by atoms with Crippen LogP contribution in [0.1, 0.15) is 66.9 Å². The second-order valence-electron chi connectivity index (χ2n) is 8.35. The smallest absolute Gasteiger partial charge is 0.251 e. The first-order valence-corrected chi connectivity index (χ1v) is 10.9. The molecule has 1 aliphatic heterocycles. The summed E-state index contributed by atoms with van der Waals surface area (Å²) in [6.45, 7) is 0.855. The molecule has 1 saturated carbocycles. The Morgan fingerprint density at radius 2 is 1.55 bits per heavy atom. The number of carbonyl (C=O) groups is 2. The molecule has 0 aromatic heterocycles. The van der Waals surface area contributed by atoms with Gasteiger partial charge >= 0.3 is 0 Å². The van der Waals surface area contributed by atoms with Crippen LogP contribution in [0.3, 0.4) is 0 Å². The molecule has 2 aromatic carbocycles. The zero-order chi connectivity index (χ0) is 20.1. The van der Waals surface area contributed by atoms with Crippen LogP contribution in [0, 0.1) is 5.92 Å². The molecule has 152 valence electrons. The number of hydrogen-bond acceptors (Lipinski definition) is 2. The van der Waals surface area contributed by atoms with Crippen molar-refractivity contribution in [3.05, 3.63) is 71.8 Å². The van der Waals surface area contributed by atoms with Crippen molar-refractivity contribution >= 4 is 11.8 Å². The summed E-state index contributed by atoms with van der Waals surface area (Å²) in [7, 11) is 0. The first kappa shape index (κ1) is 19.7. The summed E-state index contributed by atoms with van der Waals surface area (Å²) in [5, 5.41) is 3.11. The molecule has 0 bridgehead atoms. The molecule has 3 unspecified atom stereocenters. The molecule has 4 nitrogen and oxygen atoms in total. The fourth-order valence-electron chi connectivity index (χ4n) is 4.99. The third-order valence-corrected chi connectivity index (χ3v) is 6.49. The molecular weight excluding hydrogens is 360 g/mol. The number of nitrogens with zero attached hydrogens (tertiary/aromatic N) is 1. The van der Waals surface area contributed by atoms with Gasteiger partial charge in [0, 0.05) is 18.2 Å². The standard InChI is InChI=1S/C25H30N2O2/c28-24(27-17-9-15-20-12-7-8-16-23(20)27)18-22(19-10-3-1-4-11-19)26-25(29)21-13-5-2-6-14-21/h1-6,10-11,13-14,20,22-23H,7-9,12,15-18H2,(H,26,29). The summed E-state index contributed by atoms with van der Waals surface area (Å²) in [6, 6.07) is 19.1. The van der Waals surface area contributed by atoms with E-state index in [2.05, 4.69) is 10.2 Å². The Labute approximate surface area is 173 Å². The lowest BCUT2D eigenvalue weighted by Gasteiger charge is -2.44. The van der Waals surface area contributed by atoms with E-state index in [0.29, 0.717) is 23.9 Å². The summed E-state index contributed by atoms with van der Waals surface area (Å²) in [5.41, 5.74) is 1.59. The van der Waals surface area contributed by atoms with Gasteiger partial charge in [-0.1, -0.05) is 61.4 Å². The van der Waals surface area contributed by atoms with Crippen LogP contribution >= 0.6 is 0 Å². The van der Waals surface area contributed by atoms with Crippen molar-refractivity contribution in [3.8, 4) is 0 Å². The van der Waals surface area contributed by atoms with E-state index in [9.17, 15) is 9.59 Å². The van der Waals surface area contributed by atoms with Gasteiger partial charge in [0.1, 0.15) is 0 Å². The van der Waals surface area contributed by atoms with Crippen LogP contribution in [-0.2, 0) is 4.79 Å². The molecule has 1 N–H and O–H groups in total. The minimum Gasteiger partial charge on any atom is -0.345 e. The lowest BCUT2D eigenvalue weighted by molar-refractivity contribution is -0.138. The molecule has 1 saturated heterocycles. The lowest BCUT2D eigenvalue weighted by Crippen LogP contribution is -2.50. The maximum Gasteiger partial charge on any atom is 0.251 e. The minimum atomic E-state index is -0.319. The molecule has 0 spiro atoms.